The Balaban J connectivity index is 1.81. The minimum Gasteiger partial charge on any atom is -0.338 e. The van der Waals surface area contributed by atoms with E-state index in [2.05, 4.69) is 11.4 Å². The molecule has 0 atom stereocenters. The van der Waals surface area contributed by atoms with Gasteiger partial charge in [0.25, 0.3) is 0 Å². The van der Waals surface area contributed by atoms with Crippen molar-refractivity contribution in [2.45, 2.75) is 6.54 Å². The molecule has 6 heteroatoms. The Bertz CT molecular complexity index is 941. The number of halogens is 2. The van der Waals surface area contributed by atoms with Crippen LogP contribution in [-0.4, -0.2) is 10.5 Å². The first-order valence-electron chi connectivity index (χ1n) is 6.81. The van der Waals surface area contributed by atoms with Crippen molar-refractivity contribution in [3.63, 3.8) is 0 Å². The van der Waals surface area contributed by atoms with Crippen molar-refractivity contribution in [3.05, 3.63) is 64.3 Å². The highest BCUT2D eigenvalue weighted by Gasteiger charge is 2.09. The van der Waals surface area contributed by atoms with Crippen LogP contribution in [-0.2, 0) is 11.3 Å². The highest BCUT2D eigenvalue weighted by atomic mass is 35.5. The van der Waals surface area contributed by atoms with Gasteiger partial charge in [0.05, 0.1) is 22.3 Å². The second-order valence-corrected chi connectivity index (χ2v) is 5.85. The molecule has 0 saturated carbocycles. The van der Waals surface area contributed by atoms with Crippen LogP contribution < -0.4 is 5.32 Å². The fourth-order valence-electron chi connectivity index (χ4n) is 2.33. The molecule has 0 unspecified atom stereocenters. The molecule has 0 radical (unpaired) electrons. The van der Waals surface area contributed by atoms with Gasteiger partial charge < -0.3 is 9.88 Å². The third-order valence-corrected chi connectivity index (χ3v) is 3.97. The fraction of sp³-hybridized carbons (Fsp3) is 0.0588. The summed E-state index contributed by atoms with van der Waals surface area (Å²) in [6.07, 6.45) is 1.81. The lowest BCUT2D eigenvalue weighted by Crippen LogP contribution is -2.18. The van der Waals surface area contributed by atoms with Crippen LogP contribution in [0.15, 0.2) is 48.7 Å². The van der Waals surface area contributed by atoms with E-state index >= 15 is 0 Å². The molecule has 0 spiro atoms. The summed E-state index contributed by atoms with van der Waals surface area (Å²) in [7, 11) is 0. The number of rotatable bonds is 3. The van der Waals surface area contributed by atoms with E-state index in [1.165, 1.54) is 0 Å². The smallest absolute Gasteiger partial charge is 0.244 e. The number of nitriles is 1. The number of amides is 1. The number of fused-ring (bicyclic) bond motifs is 1. The van der Waals surface area contributed by atoms with E-state index in [1.807, 2.05) is 18.3 Å². The molecule has 2 aromatic carbocycles. The van der Waals surface area contributed by atoms with Gasteiger partial charge in [-0.25, -0.2) is 0 Å². The summed E-state index contributed by atoms with van der Waals surface area (Å²) in [4.78, 5) is 12.2. The number of carbonyl (C=O) groups excluding carboxylic acids is 1. The van der Waals surface area contributed by atoms with Gasteiger partial charge in [-0.1, -0.05) is 29.3 Å². The normalized spacial score (nSPS) is 10.5. The number of aromatic nitrogens is 1. The van der Waals surface area contributed by atoms with E-state index in [0.717, 1.165) is 10.9 Å². The van der Waals surface area contributed by atoms with Crippen LogP contribution in [0.25, 0.3) is 10.9 Å². The second-order valence-electron chi connectivity index (χ2n) is 5.00. The van der Waals surface area contributed by atoms with Gasteiger partial charge >= 0.3 is 0 Å². The summed E-state index contributed by atoms with van der Waals surface area (Å²) in [6.45, 7) is 0.122. The molecule has 3 rings (SSSR count). The molecule has 0 bridgehead atoms. The Morgan fingerprint density at radius 1 is 1.17 bits per heavy atom. The summed E-state index contributed by atoms with van der Waals surface area (Å²) in [6, 6.07) is 14.3. The average Bonchev–Trinajstić information content (AvgIpc) is 2.92. The lowest BCUT2D eigenvalue weighted by Gasteiger charge is -2.09. The van der Waals surface area contributed by atoms with E-state index in [4.69, 9.17) is 28.5 Å². The van der Waals surface area contributed by atoms with Crippen molar-refractivity contribution in [1.82, 2.24) is 4.57 Å². The highest BCUT2D eigenvalue weighted by molar-refractivity contribution is 6.36. The number of hydrogen-bond acceptors (Lipinski definition) is 2. The molecule has 0 aliphatic heterocycles. The number of anilines is 1. The molecule has 0 aliphatic rings. The quantitative estimate of drug-likeness (QED) is 0.763. The Labute approximate surface area is 142 Å². The summed E-state index contributed by atoms with van der Waals surface area (Å²) < 4.78 is 1.79. The SMILES string of the molecule is N#Cc1ccc2ccn(CC(=O)Nc3ccc(Cl)cc3Cl)c2c1. The Morgan fingerprint density at radius 3 is 2.74 bits per heavy atom. The molecular weight excluding hydrogens is 333 g/mol. The molecule has 4 nitrogen and oxygen atoms in total. The van der Waals surface area contributed by atoms with Crippen molar-refractivity contribution >= 4 is 45.7 Å². The second kappa shape index (κ2) is 6.33. The highest BCUT2D eigenvalue weighted by Crippen LogP contribution is 2.25. The standard InChI is InChI=1S/C17H11Cl2N3O/c18-13-3-4-15(14(19)8-13)21-17(23)10-22-6-5-12-2-1-11(9-20)7-16(12)22/h1-8H,10H2,(H,21,23). The first-order chi connectivity index (χ1) is 11.1. The van der Waals surface area contributed by atoms with E-state index in [0.29, 0.717) is 21.3 Å². The lowest BCUT2D eigenvalue weighted by molar-refractivity contribution is -0.116. The molecular formula is C17H11Cl2N3O. The summed E-state index contributed by atoms with van der Waals surface area (Å²) in [5.41, 5.74) is 1.90. The average molecular weight is 344 g/mol. The molecule has 23 heavy (non-hydrogen) atoms. The van der Waals surface area contributed by atoms with Crippen LogP contribution >= 0.6 is 23.2 Å². The van der Waals surface area contributed by atoms with Crippen LogP contribution in [0.4, 0.5) is 5.69 Å². The number of nitrogens with one attached hydrogen (secondary N) is 1. The third kappa shape index (κ3) is 3.31. The third-order valence-electron chi connectivity index (χ3n) is 3.42. The van der Waals surface area contributed by atoms with Gasteiger partial charge in [0.2, 0.25) is 5.91 Å². The zero-order chi connectivity index (χ0) is 16.4. The van der Waals surface area contributed by atoms with Gasteiger partial charge in [-0.15, -0.1) is 0 Å². The van der Waals surface area contributed by atoms with Gasteiger partial charge in [-0.3, -0.25) is 4.79 Å². The fourth-order valence-corrected chi connectivity index (χ4v) is 2.78. The maximum absolute atomic E-state index is 12.2. The topological polar surface area (TPSA) is 57.8 Å². The molecule has 0 fully saturated rings. The molecule has 0 aliphatic carbocycles. The maximum atomic E-state index is 12.2. The minimum atomic E-state index is -0.214. The molecule has 1 N–H and O–H groups in total. The molecule has 3 aromatic rings. The zero-order valence-electron chi connectivity index (χ0n) is 11.9. The van der Waals surface area contributed by atoms with Crippen LogP contribution in [0.2, 0.25) is 10.0 Å². The minimum absolute atomic E-state index is 0.122. The van der Waals surface area contributed by atoms with Crippen LogP contribution in [0.1, 0.15) is 5.56 Å². The predicted octanol–water partition coefficient (Wildman–Crippen LogP) is 4.46. The lowest BCUT2D eigenvalue weighted by atomic mass is 10.2. The van der Waals surface area contributed by atoms with E-state index in [1.54, 1.807) is 34.9 Å². The Hall–Kier alpha value is -2.48. The van der Waals surface area contributed by atoms with Crippen LogP contribution in [0.5, 0.6) is 0 Å². The van der Waals surface area contributed by atoms with E-state index in [-0.39, 0.29) is 12.5 Å². The zero-order valence-corrected chi connectivity index (χ0v) is 13.4. The van der Waals surface area contributed by atoms with Crippen molar-refractivity contribution in [3.8, 4) is 6.07 Å². The molecule has 0 saturated heterocycles. The number of nitrogens with zero attached hydrogens (tertiary/aromatic N) is 2. The Morgan fingerprint density at radius 2 is 2.00 bits per heavy atom. The maximum Gasteiger partial charge on any atom is 0.244 e. The van der Waals surface area contributed by atoms with Crippen molar-refractivity contribution in [1.29, 1.82) is 5.26 Å². The van der Waals surface area contributed by atoms with Gasteiger partial charge in [-0.05, 0) is 41.8 Å². The van der Waals surface area contributed by atoms with Gasteiger partial charge in [0.15, 0.2) is 0 Å². The van der Waals surface area contributed by atoms with E-state index < -0.39 is 0 Å². The molecule has 1 heterocycles. The number of carbonyl (C=O) groups is 1. The molecule has 114 valence electrons. The summed E-state index contributed by atoms with van der Waals surface area (Å²) in [5.74, 6) is -0.214. The number of hydrogen-bond donors (Lipinski definition) is 1. The summed E-state index contributed by atoms with van der Waals surface area (Å²) in [5, 5.41) is 13.6. The van der Waals surface area contributed by atoms with Crippen LogP contribution in [0.3, 0.4) is 0 Å². The largest absolute Gasteiger partial charge is 0.338 e. The molecule has 1 aromatic heterocycles. The first kappa shape index (κ1) is 15.4. The van der Waals surface area contributed by atoms with Gasteiger partial charge in [0, 0.05) is 16.7 Å². The Kier molecular flexibility index (Phi) is 4.24. The van der Waals surface area contributed by atoms with Crippen LogP contribution in [0, 0.1) is 11.3 Å². The van der Waals surface area contributed by atoms with Gasteiger partial charge in [0.1, 0.15) is 6.54 Å². The summed E-state index contributed by atoms with van der Waals surface area (Å²) >= 11 is 11.9. The van der Waals surface area contributed by atoms with Crippen molar-refractivity contribution < 1.29 is 4.79 Å². The first-order valence-corrected chi connectivity index (χ1v) is 7.56. The van der Waals surface area contributed by atoms with Gasteiger partial charge in [-0.2, -0.15) is 5.26 Å². The van der Waals surface area contributed by atoms with E-state index in [9.17, 15) is 4.79 Å². The van der Waals surface area contributed by atoms with Crippen molar-refractivity contribution in [2.24, 2.45) is 0 Å². The number of benzene rings is 2. The molecule has 1 amide bonds. The predicted molar refractivity (Wildman–Crippen MR) is 91.7 cm³/mol. The monoisotopic (exact) mass is 343 g/mol. The van der Waals surface area contributed by atoms with Crippen molar-refractivity contribution in [2.75, 3.05) is 5.32 Å².